The summed E-state index contributed by atoms with van der Waals surface area (Å²) in [5.41, 5.74) is 1.72. The van der Waals surface area contributed by atoms with Crippen molar-refractivity contribution in [3.63, 3.8) is 0 Å². The van der Waals surface area contributed by atoms with Gasteiger partial charge in [-0.25, -0.2) is 4.39 Å². The molecule has 0 fully saturated rings. The number of rotatable bonds is 5. The topological polar surface area (TPSA) is 45.5 Å². The molecule has 0 spiro atoms. The average molecular weight is 494 g/mol. The van der Waals surface area contributed by atoms with Crippen LogP contribution in [0.3, 0.4) is 0 Å². The van der Waals surface area contributed by atoms with Crippen LogP contribution in [0.1, 0.15) is 25.0 Å². The summed E-state index contributed by atoms with van der Waals surface area (Å²) in [5.74, 6) is 0.444. The molecule has 0 aliphatic heterocycles. The molecule has 1 heterocycles. The maximum absolute atomic E-state index is 13.3. The Kier molecular flexibility index (Phi) is 8.33. The van der Waals surface area contributed by atoms with Crippen LogP contribution in [0.25, 0.3) is 0 Å². The minimum absolute atomic E-state index is 0. The van der Waals surface area contributed by atoms with E-state index in [1.54, 1.807) is 17.8 Å². The highest BCUT2D eigenvalue weighted by molar-refractivity contribution is 14.0. The van der Waals surface area contributed by atoms with Gasteiger partial charge in [-0.05, 0) is 17.7 Å². The Balaban J connectivity index is 0.00000338. The van der Waals surface area contributed by atoms with Crippen LogP contribution in [-0.4, -0.2) is 41.3 Å². The third-order valence-electron chi connectivity index (χ3n) is 4.10. The summed E-state index contributed by atoms with van der Waals surface area (Å²) in [4.78, 5) is 6.36. The summed E-state index contributed by atoms with van der Waals surface area (Å²) in [7, 11) is 5.62. The largest absolute Gasteiger partial charge is 0.355 e. The Labute approximate surface area is 176 Å². The fraction of sp³-hybridized carbons (Fsp3) is 0.444. The van der Waals surface area contributed by atoms with E-state index < -0.39 is 0 Å². The summed E-state index contributed by atoms with van der Waals surface area (Å²) in [6.07, 6.45) is 3.82. The minimum atomic E-state index is -0.329. The number of nitrogens with one attached hydrogen (secondary N) is 1. The van der Waals surface area contributed by atoms with E-state index in [-0.39, 0.29) is 35.2 Å². The molecule has 0 bridgehead atoms. The van der Waals surface area contributed by atoms with Crippen molar-refractivity contribution in [3.05, 3.63) is 52.6 Å². The number of aliphatic imine (C=N–C) groups is 1. The molecule has 0 aliphatic carbocycles. The fourth-order valence-electron chi connectivity index (χ4n) is 2.72. The molecule has 0 saturated heterocycles. The molecule has 0 amide bonds. The molecule has 8 heteroatoms. The van der Waals surface area contributed by atoms with Crippen molar-refractivity contribution in [1.29, 1.82) is 0 Å². The maximum atomic E-state index is 13.3. The Morgan fingerprint density at radius 2 is 2.12 bits per heavy atom. The normalized spacial score (nSPS) is 11.9. The van der Waals surface area contributed by atoms with Crippen LogP contribution in [0.2, 0.25) is 5.02 Å². The summed E-state index contributed by atoms with van der Waals surface area (Å²) >= 11 is 6.22. The van der Waals surface area contributed by atoms with E-state index in [2.05, 4.69) is 29.3 Å². The molecule has 0 unspecified atom stereocenters. The number of hydrogen-bond donors (Lipinski definition) is 1. The maximum Gasteiger partial charge on any atom is 0.193 e. The zero-order valence-electron chi connectivity index (χ0n) is 15.8. The van der Waals surface area contributed by atoms with Gasteiger partial charge in [0.1, 0.15) is 5.82 Å². The summed E-state index contributed by atoms with van der Waals surface area (Å²) < 4.78 is 15.1. The second kappa shape index (κ2) is 9.55. The molecule has 1 N–H and O–H groups in total. The molecule has 2 rings (SSSR count). The van der Waals surface area contributed by atoms with Crippen LogP contribution in [-0.2, 0) is 19.0 Å². The second-order valence-electron chi connectivity index (χ2n) is 6.79. The van der Waals surface area contributed by atoms with E-state index in [1.807, 2.05) is 31.4 Å². The molecule has 144 valence electrons. The van der Waals surface area contributed by atoms with Gasteiger partial charge in [0.05, 0.1) is 6.20 Å². The van der Waals surface area contributed by atoms with Gasteiger partial charge in [-0.15, -0.1) is 24.0 Å². The first-order chi connectivity index (χ1) is 11.7. The first-order valence-corrected chi connectivity index (χ1v) is 8.45. The number of aryl methyl sites for hydroxylation is 1. The van der Waals surface area contributed by atoms with Crippen molar-refractivity contribution in [2.75, 3.05) is 20.6 Å². The number of aromatic nitrogens is 2. The molecule has 1 aromatic carbocycles. The molecular formula is C18H26ClFIN5. The fourth-order valence-corrected chi connectivity index (χ4v) is 3.14. The molecule has 0 saturated carbocycles. The standard InChI is InChI=1S/C18H25ClFN5.HI/c1-18(2,15-7-6-14(20)8-16(15)19)12-22-17(21-3)24(4)10-13-9-23-25(5)11-13;/h6-9,11H,10,12H2,1-5H3,(H,21,22);1H. The molecule has 0 radical (unpaired) electrons. The highest BCUT2D eigenvalue weighted by atomic mass is 127. The van der Waals surface area contributed by atoms with Crippen molar-refractivity contribution in [3.8, 4) is 0 Å². The van der Waals surface area contributed by atoms with Crippen LogP contribution >= 0.6 is 35.6 Å². The van der Waals surface area contributed by atoms with E-state index >= 15 is 0 Å². The van der Waals surface area contributed by atoms with Crippen molar-refractivity contribution in [2.24, 2.45) is 12.0 Å². The van der Waals surface area contributed by atoms with Crippen molar-refractivity contribution in [1.82, 2.24) is 20.0 Å². The van der Waals surface area contributed by atoms with Crippen molar-refractivity contribution in [2.45, 2.75) is 25.8 Å². The van der Waals surface area contributed by atoms with Gasteiger partial charge in [0.15, 0.2) is 5.96 Å². The van der Waals surface area contributed by atoms with Gasteiger partial charge >= 0.3 is 0 Å². The minimum Gasteiger partial charge on any atom is -0.355 e. The Bertz CT molecular complexity index is 760. The SMILES string of the molecule is CN=C(NCC(C)(C)c1ccc(F)cc1Cl)N(C)Cc1cnn(C)c1.I. The lowest BCUT2D eigenvalue weighted by Crippen LogP contribution is -2.44. The lowest BCUT2D eigenvalue weighted by atomic mass is 9.84. The lowest BCUT2D eigenvalue weighted by Gasteiger charge is -2.30. The monoisotopic (exact) mass is 493 g/mol. The Hall–Kier alpha value is -1.35. The van der Waals surface area contributed by atoms with Gasteiger partial charge in [-0.3, -0.25) is 9.67 Å². The smallest absolute Gasteiger partial charge is 0.193 e. The third kappa shape index (κ3) is 5.84. The highest BCUT2D eigenvalue weighted by Crippen LogP contribution is 2.30. The third-order valence-corrected chi connectivity index (χ3v) is 4.41. The Morgan fingerprint density at radius 1 is 1.42 bits per heavy atom. The quantitative estimate of drug-likeness (QED) is 0.391. The molecule has 2 aromatic rings. The van der Waals surface area contributed by atoms with Gasteiger partial charge in [-0.1, -0.05) is 31.5 Å². The number of nitrogens with zero attached hydrogens (tertiary/aromatic N) is 4. The van der Waals surface area contributed by atoms with E-state index in [9.17, 15) is 4.39 Å². The molecule has 26 heavy (non-hydrogen) atoms. The van der Waals surface area contributed by atoms with Crippen LogP contribution in [0.4, 0.5) is 4.39 Å². The molecule has 0 atom stereocenters. The van der Waals surface area contributed by atoms with E-state index in [0.717, 1.165) is 17.1 Å². The van der Waals surface area contributed by atoms with Crippen molar-refractivity contribution < 1.29 is 4.39 Å². The molecule has 1 aromatic heterocycles. The van der Waals surface area contributed by atoms with Crippen LogP contribution < -0.4 is 5.32 Å². The van der Waals surface area contributed by atoms with Gasteiger partial charge < -0.3 is 10.2 Å². The predicted molar refractivity (Wildman–Crippen MR) is 116 cm³/mol. The van der Waals surface area contributed by atoms with Crippen LogP contribution in [0.15, 0.2) is 35.6 Å². The van der Waals surface area contributed by atoms with E-state index in [0.29, 0.717) is 18.1 Å². The lowest BCUT2D eigenvalue weighted by molar-refractivity contribution is 0.448. The zero-order chi connectivity index (χ0) is 18.6. The number of guanidine groups is 1. The van der Waals surface area contributed by atoms with E-state index in [4.69, 9.17) is 11.6 Å². The number of hydrogen-bond acceptors (Lipinski definition) is 2. The zero-order valence-corrected chi connectivity index (χ0v) is 18.8. The van der Waals surface area contributed by atoms with Crippen LogP contribution in [0, 0.1) is 5.82 Å². The van der Waals surface area contributed by atoms with Crippen molar-refractivity contribution >= 4 is 41.5 Å². The van der Waals surface area contributed by atoms with Crippen LogP contribution in [0.5, 0.6) is 0 Å². The molecular weight excluding hydrogens is 468 g/mol. The van der Waals surface area contributed by atoms with Gasteiger partial charge in [0.25, 0.3) is 0 Å². The Morgan fingerprint density at radius 3 is 2.65 bits per heavy atom. The van der Waals surface area contributed by atoms with Gasteiger partial charge in [-0.2, -0.15) is 5.10 Å². The summed E-state index contributed by atoms with van der Waals surface area (Å²) in [6, 6.07) is 4.52. The average Bonchev–Trinajstić information content (AvgIpc) is 2.92. The summed E-state index contributed by atoms with van der Waals surface area (Å²) in [5, 5.41) is 7.99. The van der Waals surface area contributed by atoms with Gasteiger partial charge in [0, 0.05) is 56.4 Å². The number of halogens is 3. The van der Waals surface area contributed by atoms with E-state index in [1.165, 1.54) is 12.1 Å². The first-order valence-electron chi connectivity index (χ1n) is 8.08. The first kappa shape index (κ1) is 22.7. The second-order valence-corrected chi connectivity index (χ2v) is 7.19. The number of benzene rings is 1. The summed E-state index contributed by atoms with van der Waals surface area (Å²) in [6.45, 7) is 5.44. The van der Waals surface area contributed by atoms with Gasteiger partial charge in [0.2, 0.25) is 0 Å². The highest BCUT2D eigenvalue weighted by Gasteiger charge is 2.24. The predicted octanol–water partition coefficient (Wildman–Crippen LogP) is 3.82. The molecule has 5 nitrogen and oxygen atoms in total. The molecule has 0 aliphatic rings.